The van der Waals surface area contributed by atoms with Gasteiger partial charge in [-0.15, -0.1) is 0 Å². The van der Waals surface area contributed by atoms with E-state index in [4.69, 9.17) is 9.15 Å². The molecule has 1 aromatic heterocycles. The summed E-state index contributed by atoms with van der Waals surface area (Å²) in [6, 6.07) is 6.14. The number of furan rings is 1. The maximum absolute atomic E-state index is 6.11. The third-order valence-electron chi connectivity index (χ3n) is 4.01. The van der Waals surface area contributed by atoms with Gasteiger partial charge < -0.3 is 14.1 Å². The highest BCUT2D eigenvalue weighted by Crippen LogP contribution is 2.45. The molecule has 3 rings (SSSR count). The number of hydrogen-bond donors (Lipinski definition) is 0. The van der Waals surface area contributed by atoms with Crippen LogP contribution in [0.25, 0.3) is 11.0 Å². The van der Waals surface area contributed by atoms with Gasteiger partial charge in [0, 0.05) is 16.9 Å². The van der Waals surface area contributed by atoms with Crippen LogP contribution < -0.4 is 4.74 Å². The van der Waals surface area contributed by atoms with Crippen LogP contribution in [0.5, 0.6) is 5.75 Å². The molecule has 2 aromatic rings. The predicted octanol–water partition coefficient (Wildman–Crippen LogP) is 3.81. The summed E-state index contributed by atoms with van der Waals surface area (Å²) in [4.78, 5) is 2.24. The van der Waals surface area contributed by atoms with Crippen molar-refractivity contribution in [2.45, 2.75) is 31.6 Å². The average Bonchev–Trinajstić information content (AvgIpc) is 3.21. The molecule has 0 radical (unpaired) electrons. The van der Waals surface area contributed by atoms with Gasteiger partial charge in [-0.1, -0.05) is 0 Å². The zero-order chi connectivity index (χ0) is 14.1. The van der Waals surface area contributed by atoms with E-state index >= 15 is 0 Å². The summed E-state index contributed by atoms with van der Waals surface area (Å²) >= 11 is 0. The molecule has 0 spiro atoms. The Morgan fingerprint density at radius 2 is 2.10 bits per heavy atom. The average molecular weight is 273 g/mol. The van der Waals surface area contributed by atoms with Gasteiger partial charge in [-0.25, -0.2) is 0 Å². The summed E-state index contributed by atoms with van der Waals surface area (Å²) in [5.74, 6) is 2.80. The van der Waals surface area contributed by atoms with E-state index < -0.39 is 0 Å². The number of methoxy groups -OCH3 is 1. The van der Waals surface area contributed by atoms with E-state index in [-0.39, 0.29) is 0 Å². The van der Waals surface area contributed by atoms with Gasteiger partial charge in [0.05, 0.1) is 7.11 Å². The standard InChI is InChI=1S/C17H23NO2/c1-18(2)10-4-5-14-15-11-13(19-3)8-9-16(15)20-17(14)12-6-7-12/h8-9,11-12H,4-7,10H2,1-3H3. The van der Waals surface area contributed by atoms with Gasteiger partial charge in [-0.2, -0.15) is 0 Å². The highest BCUT2D eigenvalue weighted by atomic mass is 16.5. The van der Waals surface area contributed by atoms with E-state index in [1.165, 1.54) is 36.0 Å². The molecule has 1 aromatic carbocycles. The number of fused-ring (bicyclic) bond motifs is 1. The van der Waals surface area contributed by atoms with E-state index in [0.29, 0.717) is 5.92 Å². The van der Waals surface area contributed by atoms with Crippen molar-refractivity contribution in [1.29, 1.82) is 0 Å². The SMILES string of the molecule is COc1ccc2oc(C3CC3)c(CCCN(C)C)c2c1. The summed E-state index contributed by atoms with van der Waals surface area (Å²) < 4.78 is 11.5. The Balaban J connectivity index is 1.94. The Morgan fingerprint density at radius 1 is 1.30 bits per heavy atom. The van der Waals surface area contributed by atoms with Gasteiger partial charge in [-0.3, -0.25) is 0 Å². The fourth-order valence-electron chi connectivity index (χ4n) is 2.78. The largest absolute Gasteiger partial charge is 0.497 e. The molecule has 0 aliphatic heterocycles. The Morgan fingerprint density at radius 3 is 2.75 bits per heavy atom. The Bertz CT molecular complexity index is 596. The van der Waals surface area contributed by atoms with Crippen molar-refractivity contribution >= 4 is 11.0 Å². The summed E-state index contributed by atoms with van der Waals surface area (Å²) in [7, 11) is 5.96. The van der Waals surface area contributed by atoms with E-state index in [9.17, 15) is 0 Å². The first-order valence-electron chi connectivity index (χ1n) is 7.43. The minimum absolute atomic E-state index is 0.655. The second kappa shape index (κ2) is 5.49. The molecule has 1 heterocycles. The summed E-state index contributed by atoms with van der Waals surface area (Å²) in [6.07, 6.45) is 4.80. The zero-order valence-electron chi connectivity index (χ0n) is 12.6. The van der Waals surface area contributed by atoms with E-state index in [1.54, 1.807) is 7.11 Å². The fraction of sp³-hybridized carbons (Fsp3) is 0.529. The van der Waals surface area contributed by atoms with Crippen LogP contribution in [-0.2, 0) is 6.42 Å². The smallest absolute Gasteiger partial charge is 0.134 e. The molecule has 0 bridgehead atoms. The first-order valence-corrected chi connectivity index (χ1v) is 7.43. The van der Waals surface area contributed by atoms with Crippen molar-refractivity contribution in [3.8, 4) is 5.75 Å². The molecule has 3 heteroatoms. The van der Waals surface area contributed by atoms with E-state index in [2.05, 4.69) is 25.1 Å². The third-order valence-corrected chi connectivity index (χ3v) is 4.01. The number of ether oxygens (including phenoxy) is 1. The van der Waals surface area contributed by atoms with Gasteiger partial charge in [0.25, 0.3) is 0 Å². The molecule has 0 atom stereocenters. The van der Waals surface area contributed by atoms with E-state index in [1.807, 2.05) is 12.1 Å². The normalized spacial score (nSPS) is 15.2. The van der Waals surface area contributed by atoms with Gasteiger partial charge in [0.15, 0.2) is 0 Å². The molecule has 0 amide bonds. The molecule has 1 aliphatic rings. The van der Waals surface area contributed by atoms with Gasteiger partial charge in [0.2, 0.25) is 0 Å². The minimum atomic E-state index is 0.655. The molecule has 0 N–H and O–H groups in total. The van der Waals surface area contributed by atoms with Crippen LogP contribution in [0.4, 0.5) is 0 Å². The number of benzene rings is 1. The zero-order valence-corrected chi connectivity index (χ0v) is 12.6. The Hall–Kier alpha value is -1.48. The van der Waals surface area contributed by atoms with Crippen LogP contribution in [0.3, 0.4) is 0 Å². The van der Waals surface area contributed by atoms with Crippen molar-refractivity contribution in [1.82, 2.24) is 4.90 Å². The molecule has 1 saturated carbocycles. The lowest BCUT2D eigenvalue weighted by Crippen LogP contribution is -2.13. The van der Waals surface area contributed by atoms with Crippen LogP contribution in [0.1, 0.15) is 36.5 Å². The molecular formula is C17H23NO2. The lowest BCUT2D eigenvalue weighted by molar-refractivity contribution is 0.399. The van der Waals surface area contributed by atoms with Crippen LogP contribution >= 0.6 is 0 Å². The quantitative estimate of drug-likeness (QED) is 0.800. The first-order chi connectivity index (χ1) is 9.69. The number of nitrogens with zero attached hydrogens (tertiary/aromatic N) is 1. The van der Waals surface area contributed by atoms with Crippen LogP contribution in [0.15, 0.2) is 22.6 Å². The van der Waals surface area contributed by atoms with Crippen LogP contribution in [0, 0.1) is 0 Å². The lowest BCUT2D eigenvalue weighted by atomic mass is 10.0. The van der Waals surface area contributed by atoms with Crippen molar-refractivity contribution in [2.75, 3.05) is 27.7 Å². The molecule has 0 saturated heterocycles. The van der Waals surface area contributed by atoms with Gasteiger partial charge in [0.1, 0.15) is 17.1 Å². The number of aryl methyl sites for hydroxylation is 1. The first kappa shape index (κ1) is 13.5. The molecular weight excluding hydrogens is 250 g/mol. The maximum atomic E-state index is 6.11. The van der Waals surface area contributed by atoms with Crippen LogP contribution in [-0.4, -0.2) is 32.6 Å². The van der Waals surface area contributed by atoms with Crippen molar-refractivity contribution in [3.63, 3.8) is 0 Å². The summed E-state index contributed by atoms with van der Waals surface area (Å²) in [5, 5.41) is 1.24. The molecule has 1 fully saturated rings. The molecule has 3 nitrogen and oxygen atoms in total. The highest BCUT2D eigenvalue weighted by Gasteiger charge is 2.30. The summed E-state index contributed by atoms with van der Waals surface area (Å²) in [6.45, 7) is 1.11. The van der Waals surface area contributed by atoms with E-state index in [0.717, 1.165) is 24.3 Å². The molecule has 0 unspecified atom stereocenters. The van der Waals surface area contributed by atoms with Crippen LogP contribution in [0.2, 0.25) is 0 Å². The van der Waals surface area contributed by atoms with Gasteiger partial charge >= 0.3 is 0 Å². The van der Waals surface area contributed by atoms with Crippen molar-refractivity contribution < 1.29 is 9.15 Å². The lowest BCUT2D eigenvalue weighted by Gasteiger charge is -2.09. The topological polar surface area (TPSA) is 25.6 Å². The van der Waals surface area contributed by atoms with Crippen molar-refractivity contribution in [2.24, 2.45) is 0 Å². The Labute approximate surface area is 120 Å². The number of rotatable bonds is 6. The number of hydrogen-bond acceptors (Lipinski definition) is 3. The molecule has 1 aliphatic carbocycles. The highest BCUT2D eigenvalue weighted by molar-refractivity contribution is 5.84. The fourth-order valence-corrected chi connectivity index (χ4v) is 2.78. The third kappa shape index (κ3) is 2.68. The van der Waals surface area contributed by atoms with Crippen molar-refractivity contribution in [3.05, 3.63) is 29.5 Å². The second-order valence-corrected chi connectivity index (χ2v) is 5.99. The monoisotopic (exact) mass is 273 g/mol. The Kier molecular flexibility index (Phi) is 3.70. The predicted molar refractivity (Wildman–Crippen MR) is 81.6 cm³/mol. The second-order valence-electron chi connectivity index (χ2n) is 5.99. The maximum Gasteiger partial charge on any atom is 0.134 e. The van der Waals surface area contributed by atoms with Gasteiger partial charge in [-0.05, 0) is 64.5 Å². The summed E-state index contributed by atoms with van der Waals surface area (Å²) in [5.41, 5.74) is 2.41. The molecule has 20 heavy (non-hydrogen) atoms. The molecule has 108 valence electrons. The minimum Gasteiger partial charge on any atom is -0.497 e.